The number of pyridine rings is 1. The Hall–Kier alpha value is -1.71. The van der Waals surface area contributed by atoms with Crippen LogP contribution < -0.4 is 5.32 Å². The molecule has 21 heavy (non-hydrogen) atoms. The van der Waals surface area contributed by atoms with E-state index in [4.69, 9.17) is 0 Å². The van der Waals surface area contributed by atoms with Crippen molar-refractivity contribution in [3.63, 3.8) is 0 Å². The van der Waals surface area contributed by atoms with Crippen LogP contribution in [0, 0.1) is 6.92 Å². The summed E-state index contributed by atoms with van der Waals surface area (Å²) in [5, 5.41) is 7.11. The molecule has 2 heterocycles. The third-order valence-corrected chi connectivity index (χ3v) is 4.66. The minimum Gasteiger partial charge on any atom is -0.306 e. The van der Waals surface area contributed by atoms with E-state index in [2.05, 4.69) is 59.9 Å². The molecule has 1 N–H and O–H groups in total. The highest BCUT2D eigenvalue weighted by Crippen LogP contribution is 2.32. The Balaban J connectivity index is 2.12. The zero-order valence-corrected chi connectivity index (χ0v) is 13.3. The standard InChI is InChI=1S/C18H20N2S/c1-3-10-20-18(14-9-12-21-13(14)2)16-6-4-8-17-15(16)7-5-11-19-17/h4-9,11-12,18,20H,3,10H2,1-2H3. The molecule has 1 atom stereocenters. The predicted molar refractivity (Wildman–Crippen MR) is 90.9 cm³/mol. The van der Waals surface area contributed by atoms with Crippen LogP contribution >= 0.6 is 11.3 Å². The monoisotopic (exact) mass is 296 g/mol. The molecule has 0 aliphatic heterocycles. The van der Waals surface area contributed by atoms with Crippen LogP contribution in [0.1, 0.15) is 35.4 Å². The van der Waals surface area contributed by atoms with Crippen LogP contribution in [0.25, 0.3) is 10.9 Å². The van der Waals surface area contributed by atoms with Crippen molar-refractivity contribution >= 4 is 22.2 Å². The van der Waals surface area contributed by atoms with E-state index in [0.717, 1.165) is 18.5 Å². The molecular weight excluding hydrogens is 276 g/mol. The van der Waals surface area contributed by atoms with Gasteiger partial charge in [-0.3, -0.25) is 4.98 Å². The average Bonchev–Trinajstić information content (AvgIpc) is 2.94. The molecule has 0 bridgehead atoms. The Morgan fingerprint density at radius 3 is 2.81 bits per heavy atom. The number of thiophene rings is 1. The molecule has 1 aromatic carbocycles. The van der Waals surface area contributed by atoms with Crippen LogP contribution in [-0.4, -0.2) is 11.5 Å². The molecule has 0 saturated heterocycles. The first kappa shape index (κ1) is 14.2. The van der Waals surface area contributed by atoms with Crippen molar-refractivity contribution in [2.75, 3.05) is 6.54 Å². The fourth-order valence-corrected chi connectivity index (χ4v) is 3.49. The number of fused-ring (bicyclic) bond motifs is 1. The van der Waals surface area contributed by atoms with Crippen LogP contribution in [0.4, 0.5) is 0 Å². The molecular formula is C18H20N2S. The van der Waals surface area contributed by atoms with Crippen molar-refractivity contribution in [2.45, 2.75) is 26.3 Å². The number of aromatic nitrogens is 1. The quantitative estimate of drug-likeness (QED) is 0.738. The van der Waals surface area contributed by atoms with Gasteiger partial charge in [-0.2, -0.15) is 0 Å². The third kappa shape index (κ3) is 2.85. The van der Waals surface area contributed by atoms with Gasteiger partial charge in [-0.15, -0.1) is 11.3 Å². The molecule has 108 valence electrons. The van der Waals surface area contributed by atoms with Crippen LogP contribution in [0.15, 0.2) is 48.0 Å². The Labute approximate surface area is 129 Å². The van der Waals surface area contributed by atoms with Crippen molar-refractivity contribution in [3.8, 4) is 0 Å². The van der Waals surface area contributed by atoms with Gasteiger partial charge in [0.05, 0.1) is 11.6 Å². The highest BCUT2D eigenvalue weighted by molar-refractivity contribution is 7.10. The summed E-state index contributed by atoms with van der Waals surface area (Å²) in [5.74, 6) is 0. The molecule has 2 nitrogen and oxygen atoms in total. The lowest BCUT2D eigenvalue weighted by Gasteiger charge is -2.21. The highest BCUT2D eigenvalue weighted by Gasteiger charge is 2.18. The second-order valence-electron chi connectivity index (χ2n) is 5.24. The number of rotatable bonds is 5. The van der Waals surface area contributed by atoms with Gasteiger partial charge in [-0.25, -0.2) is 0 Å². The maximum atomic E-state index is 4.48. The first-order valence-corrected chi connectivity index (χ1v) is 8.30. The topological polar surface area (TPSA) is 24.9 Å². The fourth-order valence-electron chi connectivity index (χ4n) is 2.75. The summed E-state index contributed by atoms with van der Waals surface area (Å²) >= 11 is 1.81. The Morgan fingerprint density at radius 2 is 2.05 bits per heavy atom. The number of hydrogen-bond acceptors (Lipinski definition) is 3. The van der Waals surface area contributed by atoms with Crippen LogP contribution in [0.3, 0.4) is 0 Å². The van der Waals surface area contributed by atoms with Gasteiger partial charge in [-0.05, 0) is 54.6 Å². The number of benzene rings is 1. The zero-order valence-electron chi connectivity index (χ0n) is 12.5. The van der Waals surface area contributed by atoms with Crippen LogP contribution in [0.2, 0.25) is 0 Å². The predicted octanol–water partition coefficient (Wildman–Crippen LogP) is 4.69. The molecule has 3 rings (SSSR count). The summed E-state index contributed by atoms with van der Waals surface area (Å²) in [6.07, 6.45) is 2.99. The normalized spacial score (nSPS) is 12.7. The average molecular weight is 296 g/mol. The van der Waals surface area contributed by atoms with Gasteiger partial charge in [0.25, 0.3) is 0 Å². The maximum Gasteiger partial charge on any atom is 0.0705 e. The van der Waals surface area contributed by atoms with Crippen LogP contribution in [0.5, 0.6) is 0 Å². The van der Waals surface area contributed by atoms with Crippen molar-refractivity contribution in [1.29, 1.82) is 0 Å². The summed E-state index contributed by atoms with van der Waals surface area (Å²) in [5.41, 5.74) is 3.76. The van der Waals surface area contributed by atoms with Gasteiger partial charge < -0.3 is 5.32 Å². The first-order valence-electron chi connectivity index (χ1n) is 7.42. The summed E-state index contributed by atoms with van der Waals surface area (Å²) in [6, 6.07) is 13.1. The van der Waals surface area contributed by atoms with E-state index in [-0.39, 0.29) is 6.04 Å². The fraction of sp³-hybridized carbons (Fsp3) is 0.278. The molecule has 0 amide bonds. The lowest BCUT2D eigenvalue weighted by Crippen LogP contribution is -2.23. The highest BCUT2D eigenvalue weighted by atomic mass is 32.1. The van der Waals surface area contributed by atoms with Gasteiger partial charge >= 0.3 is 0 Å². The summed E-state index contributed by atoms with van der Waals surface area (Å²) in [4.78, 5) is 5.86. The smallest absolute Gasteiger partial charge is 0.0705 e. The lowest BCUT2D eigenvalue weighted by molar-refractivity contribution is 0.601. The number of nitrogens with one attached hydrogen (secondary N) is 1. The summed E-state index contributed by atoms with van der Waals surface area (Å²) < 4.78 is 0. The van der Waals surface area contributed by atoms with Crippen LogP contribution in [-0.2, 0) is 0 Å². The number of aryl methyl sites for hydroxylation is 1. The molecule has 0 radical (unpaired) electrons. The maximum absolute atomic E-state index is 4.48. The Morgan fingerprint density at radius 1 is 1.14 bits per heavy atom. The molecule has 0 aliphatic carbocycles. The molecule has 0 saturated carbocycles. The molecule has 3 aromatic rings. The van der Waals surface area contributed by atoms with E-state index in [1.54, 1.807) is 0 Å². The van der Waals surface area contributed by atoms with E-state index in [0.29, 0.717) is 0 Å². The number of hydrogen-bond donors (Lipinski definition) is 1. The minimum absolute atomic E-state index is 0.240. The van der Waals surface area contributed by atoms with Crippen molar-refractivity contribution in [1.82, 2.24) is 10.3 Å². The largest absolute Gasteiger partial charge is 0.306 e. The second kappa shape index (κ2) is 6.37. The molecule has 0 spiro atoms. The van der Waals surface area contributed by atoms with Gasteiger partial charge in [0, 0.05) is 16.5 Å². The molecule has 1 unspecified atom stereocenters. The molecule has 3 heteroatoms. The summed E-state index contributed by atoms with van der Waals surface area (Å²) in [6.45, 7) is 5.41. The van der Waals surface area contributed by atoms with E-state index >= 15 is 0 Å². The Bertz CT molecular complexity index is 727. The molecule has 0 aliphatic rings. The van der Waals surface area contributed by atoms with E-state index < -0.39 is 0 Å². The summed E-state index contributed by atoms with van der Waals surface area (Å²) in [7, 11) is 0. The van der Waals surface area contributed by atoms with Gasteiger partial charge in [0.2, 0.25) is 0 Å². The molecule has 2 aromatic heterocycles. The van der Waals surface area contributed by atoms with Crippen molar-refractivity contribution in [3.05, 3.63) is 64.0 Å². The van der Waals surface area contributed by atoms with E-state index in [1.165, 1.54) is 21.4 Å². The SMILES string of the molecule is CCCNC(c1ccsc1C)c1cccc2ncccc12. The minimum atomic E-state index is 0.240. The van der Waals surface area contributed by atoms with E-state index in [1.807, 2.05) is 23.6 Å². The van der Waals surface area contributed by atoms with Crippen molar-refractivity contribution in [2.24, 2.45) is 0 Å². The van der Waals surface area contributed by atoms with Gasteiger partial charge in [0.1, 0.15) is 0 Å². The second-order valence-corrected chi connectivity index (χ2v) is 6.36. The number of nitrogens with zero attached hydrogens (tertiary/aromatic N) is 1. The van der Waals surface area contributed by atoms with Gasteiger partial charge in [-0.1, -0.05) is 25.1 Å². The molecule has 0 fully saturated rings. The van der Waals surface area contributed by atoms with Crippen molar-refractivity contribution < 1.29 is 0 Å². The van der Waals surface area contributed by atoms with E-state index in [9.17, 15) is 0 Å². The zero-order chi connectivity index (χ0) is 14.7. The lowest BCUT2D eigenvalue weighted by atomic mass is 9.95. The third-order valence-electron chi connectivity index (χ3n) is 3.80. The van der Waals surface area contributed by atoms with Gasteiger partial charge in [0.15, 0.2) is 0 Å². The Kier molecular flexibility index (Phi) is 4.32. The first-order chi connectivity index (χ1) is 10.3.